The molecule has 4 N–H and O–H groups in total. The monoisotopic (exact) mass is 459 g/mol. The zero-order chi connectivity index (χ0) is 24.5. The maximum atomic E-state index is 13.1. The lowest BCUT2D eigenvalue weighted by molar-refractivity contribution is 0.0322. The Labute approximate surface area is 200 Å². The van der Waals surface area contributed by atoms with Crippen LogP contribution in [0.2, 0.25) is 0 Å². The summed E-state index contributed by atoms with van der Waals surface area (Å²) < 4.78 is 5.70. The number of hydrogen-bond acceptors (Lipinski definition) is 5. The molecule has 7 heteroatoms. The van der Waals surface area contributed by atoms with Crippen molar-refractivity contribution in [3.05, 3.63) is 71.7 Å². The fourth-order valence-corrected chi connectivity index (χ4v) is 4.49. The molecule has 0 radical (unpaired) electrons. The van der Waals surface area contributed by atoms with Gasteiger partial charge in [-0.15, -0.1) is 0 Å². The zero-order valence-electron chi connectivity index (χ0n) is 20.3. The minimum absolute atomic E-state index is 0.397. The van der Waals surface area contributed by atoms with E-state index in [0.29, 0.717) is 30.0 Å². The van der Waals surface area contributed by atoms with E-state index in [1.54, 1.807) is 11.1 Å². The summed E-state index contributed by atoms with van der Waals surface area (Å²) in [5, 5.41) is 10.1. The molecular weight excluding hydrogens is 426 g/mol. The molecule has 1 unspecified atom stereocenters. The van der Waals surface area contributed by atoms with Crippen molar-refractivity contribution in [1.82, 2.24) is 14.9 Å². The highest BCUT2D eigenvalue weighted by atomic mass is 16.6. The van der Waals surface area contributed by atoms with Crippen molar-refractivity contribution in [3.63, 3.8) is 0 Å². The fourth-order valence-electron chi connectivity index (χ4n) is 4.49. The van der Waals surface area contributed by atoms with E-state index in [4.69, 9.17) is 10.5 Å². The van der Waals surface area contributed by atoms with Crippen LogP contribution in [-0.4, -0.2) is 32.3 Å². The summed E-state index contributed by atoms with van der Waals surface area (Å²) >= 11 is 0. The molecule has 0 bridgehead atoms. The number of amides is 1. The van der Waals surface area contributed by atoms with Crippen LogP contribution in [0.5, 0.6) is 0 Å². The van der Waals surface area contributed by atoms with Crippen LogP contribution in [0.1, 0.15) is 58.1 Å². The van der Waals surface area contributed by atoms with Crippen molar-refractivity contribution in [3.8, 4) is 0 Å². The van der Waals surface area contributed by atoms with Crippen molar-refractivity contribution in [2.24, 2.45) is 5.41 Å². The lowest BCUT2D eigenvalue weighted by atomic mass is 9.87. The predicted octanol–water partition coefficient (Wildman–Crippen LogP) is 6.02. The van der Waals surface area contributed by atoms with Gasteiger partial charge >= 0.3 is 6.09 Å². The number of pyridine rings is 1. The standard InChI is InChI=1S/C27H33N5O2/c1-5-12-27(23(29)22-20-11-13-30-24(20)31-15-21(22)28)14-19(27)17-32(25(33)34-26(2,3)4)16-18-9-7-6-8-10-18/h6-11,13,15,17,29H,5,12,14,16,28H2,1-4H3,(H,30,31)/b19-17-,29-23?. The average molecular weight is 460 g/mol. The SMILES string of the molecule is CCCC1(C(=N)c2c(N)cnc3[nH]ccc23)C/C1=C/N(Cc1ccccc1)C(=O)OC(C)(C)C. The molecule has 2 heterocycles. The van der Waals surface area contributed by atoms with Gasteiger partial charge in [-0.05, 0) is 50.8 Å². The molecule has 34 heavy (non-hydrogen) atoms. The highest BCUT2D eigenvalue weighted by molar-refractivity contribution is 6.17. The molecule has 1 fully saturated rings. The van der Waals surface area contributed by atoms with Gasteiger partial charge in [0.25, 0.3) is 0 Å². The summed E-state index contributed by atoms with van der Waals surface area (Å²) in [5.74, 6) is 0. The van der Waals surface area contributed by atoms with Gasteiger partial charge < -0.3 is 20.9 Å². The van der Waals surface area contributed by atoms with E-state index in [1.807, 2.05) is 69.6 Å². The minimum atomic E-state index is -0.604. The molecule has 1 amide bonds. The number of aromatic amines is 1. The number of nitrogens with two attached hydrogens (primary N) is 1. The van der Waals surface area contributed by atoms with E-state index >= 15 is 0 Å². The van der Waals surface area contributed by atoms with E-state index in [1.165, 1.54) is 0 Å². The molecule has 4 rings (SSSR count). The van der Waals surface area contributed by atoms with Crippen molar-refractivity contribution in [1.29, 1.82) is 5.41 Å². The Kier molecular flexibility index (Phi) is 6.21. The molecule has 0 aliphatic heterocycles. The molecule has 7 nitrogen and oxygen atoms in total. The molecule has 1 aliphatic carbocycles. The number of ether oxygens (including phenoxy) is 1. The molecule has 178 valence electrons. The van der Waals surface area contributed by atoms with Gasteiger partial charge in [-0.25, -0.2) is 9.78 Å². The van der Waals surface area contributed by atoms with Crippen molar-refractivity contribution < 1.29 is 9.53 Å². The Morgan fingerprint density at radius 3 is 2.71 bits per heavy atom. The largest absolute Gasteiger partial charge is 0.443 e. The summed E-state index contributed by atoms with van der Waals surface area (Å²) in [6, 6.07) is 11.8. The first-order valence-corrected chi connectivity index (χ1v) is 11.7. The fraction of sp³-hybridized carbons (Fsp3) is 0.370. The molecule has 1 aliphatic rings. The number of benzene rings is 1. The topological polar surface area (TPSA) is 108 Å². The molecule has 0 saturated heterocycles. The van der Waals surface area contributed by atoms with Crippen LogP contribution >= 0.6 is 0 Å². The third kappa shape index (κ3) is 4.69. The third-order valence-electron chi connectivity index (χ3n) is 6.14. The zero-order valence-corrected chi connectivity index (χ0v) is 20.3. The summed E-state index contributed by atoms with van der Waals surface area (Å²) in [4.78, 5) is 22.2. The Balaban J connectivity index is 1.70. The van der Waals surface area contributed by atoms with Gasteiger partial charge in [0, 0.05) is 28.8 Å². The number of fused-ring (bicyclic) bond motifs is 1. The second-order valence-corrected chi connectivity index (χ2v) is 9.96. The van der Waals surface area contributed by atoms with Crippen molar-refractivity contribution >= 4 is 28.5 Å². The Hall–Kier alpha value is -3.61. The number of nitrogens with zero attached hydrogens (tertiary/aromatic N) is 2. The number of H-pyrrole nitrogens is 1. The molecular formula is C27H33N5O2. The van der Waals surface area contributed by atoms with Crippen LogP contribution < -0.4 is 5.73 Å². The Bertz CT molecular complexity index is 1240. The van der Waals surface area contributed by atoms with Gasteiger partial charge in [-0.3, -0.25) is 4.90 Å². The maximum absolute atomic E-state index is 13.1. The first-order chi connectivity index (χ1) is 16.1. The van der Waals surface area contributed by atoms with Crippen molar-refractivity contribution in [2.75, 3.05) is 5.73 Å². The number of nitrogen functional groups attached to an aromatic ring is 1. The Morgan fingerprint density at radius 2 is 2.03 bits per heavy atom. The third-order valence-corrected chi connectivity index (χ3v) is 6.14. The molecule has 1 aromatic carbocycles. The van der Waals surface area contributed by atoms with Gasteiger partial charge in [-0.1, -0.05) is 43.7 Å². The maximum Gasteiger partial charge on any atom is 0.414 e. The first kappa shape index (κ1) is 23.5. The van der Waals surface area contributed by atoms with Crippen LogP contribution in [-0.2, 0) is 11.3 Å². The summed E-state index contributed by atoms with van der Waals surface area (Å²) in [7, 11) is 0. The molecule has 2 aromatic heterocycles. The molecule has 1 atom stereocenters. The number of allylic oxidation sites excluding steroid dienone is 1. The van der Waals surface area contributed by atoms with Gasteiger partial charge in [0.2, 0.25) is 0 Å². The smallest absolute Gasteiger partial charge is 0.414 e. The number of carbonyl (C=O) groups is 1. The predicted molar refractivity (Wildman–Crippen MR) is 136 cm³/mol. The van der Waals surface area contributed by atoms with Gasteiger partial charge in [0.15, 0.2) is 0 Å². The molecule has 1 saturated carbocycles. The summed E-state index contributed by atoms with van der Waals surface area (Å²) in [5.41, 5.74) is 9.71. The van der Waals surface area contributed by atoms with E-state index < -0.39 is 17.1 Å². The molecule has 0 spiro atoms. The number of rotatable bonds is 7. The van der Waals surface area contributed by atoms with Crippen LogP contribution in [0, 0.1) is 10.8 Å². The highest BCUT2D eigenvalue weighted by Crippen LogP contribution is 2.58. The van der Waals surface area contributed by atoms with Gasteiger partial charge in [-0.2, -0.15) is 0 Å². The molecule has 3 aromatic rings. The summed E-state index contributed by atoms with van der Waals surface area (Å²) in [6.07, 6.45) is 7.33. The number of hydrogen-bond donors (Lipinski definition) is 3. The normalized spacial score (nSPS) is 18.8. The van der Waals surface area contributed by atoms with Crippen molar-refractivity contribution in [2.45, 2.75) is 59.1 Å². The second-order valence-electron chi connectivity index (χ2n) is 9.96. The second kappa shape index (κ2) is 8.97. The van der Waals surface area contributed by atoms with Crippen LogP contribution in [0.3, 0.4) is 0 Å². The Morgan fingerprint density at radius 1 is 1.29 bits per heavy atom. The number of anilines is 1. The summed E-state index contributed by atoms with van der Waals surface area (Å²) in [6.45, 7) is 8.10. The number of aromatic nitrogens is 2. The quantitative estimate of drug-likeness (QED) is 0.375. The average Bonchev–Trinajstić information content (AvgIpc) is 3.25. The van der Waals surface area contributed by atoms with E-state index in [0.717, 1.165) is 34.9 Å². The van der Waals surface area contributed by atoms with Crippen LogP contribution in [0.4, 0.5) is 10.5 Å². The minimum Gasteiger partial charge on any atom is -0.443 e. The number of nitrogens with one attached hydrogen (secondary N) is 2. The lowest BCUT2D eigenvalue weighted by Crippen LogP contribution is -2.33. The van der Waals surface area contributed by atoms with Crippen LogP contribution in [0.25, 0.3) is 11.0 Å². The number of carbonyl (C=O) groups excluding carboxylic acids is 1. The highest BCUT2D eigenvalue weighted by Gasteiger charge is 2.53. The van der Waals surface area contributed by atoms with Gasteiger partial charge in [0.05, 0.1) is 24.1 Å². The van der Waals surface area contributed by atoms with Gasteiger partial charge in [0.1, 0.15) is 11.2 Å². The van der Waals surface area contributed by atoms with E-state index in [2.05, 4.69) is 16.9 Å². The lowest BCUT2D eigenvalue weighted by Gasteiger charge is -2.26. The first-order valence-electron chi connectivity index (χ1n) is 11.7. The van der Waals surface area contributed by atoms with E-state index in [-0.39, 0.29) is 0 Å². The van der Waals surface area contributed by atoms with Crippen LogP contribution in [0.15, 0.2) is 60.6 Å². The van der Waals surface area contributed by atoms with E-state index in [9.17, 15) is 10.2 Å².